The summed E-state index contributed by atoms with van der Waals surface area (Å²) in [6.45, 7) is 13.3. The van der Waals surface area contributed by atoms with Crippen LogP contribution in [0.15, 0.2) is 42.5 Å². The molecule has 1 N–H and O–H groups in total. The third-order valence-electron chi connectivity index (χ3n) is 7.44. The van der Waals surface area contributed by atoms with Crippen LogP contribution in [0, 0.1) is 6.92 Å². The number of anilines is 1. The minimum Gasteiger partial charge on any atom is -0.476 e. The molecule has 2 aromatic rings. The highest BCUT2D eigenvalue weighted by molar-refractivity contribution is 6.05. The second kappa shape index (κ2) is 12.3. The summed E-state index contributed by atoms with van der Waals surface area (Å²) in [6.07, 6.45) is 3.68. The molecule has 0 spiro atoms. The van der Waals surface area contributed by atoms with Crippen molar-refractivity contribution in [2.24, 2.45) is 0 Å². The highest BCUT2D eigenvalue weighted by Crippen LogP contribution is 2.40. The molecular formula is C31H43N3O4. The number of amides is 2. The normalized spacial score (nSPS) is 18.7. The molecule has 38 heavy (non-hydrogen) atoms. The Morgan fingerprint density at radius 2 is 1.97 bits per heavy atom. The molecule has 1 atom stereocenters. The number of hydrogen-bond donors (Lipinski definition) is 1. The largest absolute Gasteiger partial charge is 0.476 e. The minimum atomic E-state index is -0.966. The maximum atomic E-state index is 13.9. The van der Waals surface area contributed by atoms with Gasteiger partial charge in [0.2, 0.25) is 0 Å². The Hall–Kier alpha value is -2.90. The Balaban J connectivity index is 1.49. The zero-order chi connectivity index (χ0) is 27.3. The molecule has 2 aliphatic heterocycles. The molecule has 206 valence electrons. The molecule has 7 heteroatoms. The van der Waals surface area contributed by atoms with Gasteiger partial charge in [-0.2, -0.15) is 0 Å². The van der Waals surface area contributed by atoms with Crippen molar-refractivity contribution in [1.29, 1.82) is 0 Å². The molecule has 2 aliphatic rings. The smallest absolute Gasteiger partial charge is 0.270 e. The molecular weight excluding hydrogens is 478 g/mol. The SMILES string of the molecule is Cc1cc2c(cc1C(=O)N(C(C)C)[C@@H]1CCCNC1)N(CCCCOCc1ccccc1)C(=O)C(C)(C)O2. The monoisotopic (exact) mass is 521 g/mol. The molecule has 7 nitrogen and oxygen atoms in total. The van der Waals surface area contributed by atoms with Crippen molar-refractivity contribution in [2.75, 3.05) is 31.1 Å². The number of nitrogens with zero attached hydrogens (tertiary/aromatic N) is 2. The standard InChI is InChI=1S/C31H43N3O4/c1-22(2)34(25-14-11-15-32-20-25)29(35)26-19-27-28(18-23(26)3)38-31(4,5)30(36)33(27)16-9-10-17-37-21-24-12-7-6-8-13-24/h6-8,12-13,18-19,22,25,32H,9-11,14-17,20-21H2,1-5H3/t25-/m1/s1. The number of fused-ring (bicyclic) bond motifs is 1. The highest BCUT2D eigenvalue weighted by atomic mass is 16.5. The molecule has 4 rings (SSSR count). The molecule has 0 bridgehead atoms. The molecule has 1 fully saturated rings. The van der Waals surface area contributed by atoms with Crippen LogP contribution in [0.25, 0.3) is 0 Å². The van der Waals surface area contributed by atoms with Gasteiger partial charge in [0, 0.05) is 37.3 Å². The van der Waals surface area contributed by atoms with Gasteiger partial charge in [-0.3, -0.25) is 9.59 Å². The molecule has 2 amide bonds. The van der Waals surface area contributed by atoms with Gasteiger partial charge in [0.25, 0.3) is 11.8 Å². The number of aryl methyl sites for hydroxylation is 1. The summed E-state index contributed by atoms with van der Waals surface area (Å²) >= 11 is 0. The Morgan fingerprint density at radius 1 is 1.21 bits per heavy atom. The first-order chi connectivity index (χ1) is 18.2. The number of ether oxygens (including phenoxy) is 2. The van der Waals surface area contributed by atoms with Crippen molar-refractivity contribution >= 4 is 17.5 Å². The summed E-state index contributed by atoms with van der Waals surface area (Å²) < 4.78 is 12.0. The van der Waals surface area contributed by atoms with Gasteiger partial charge in [-0.05, 0) is 90.1 Å². The summed E-state index contributed by atoms with van der Waals surface area (Å²) in [4.78, 5) is 31.1. The van der Waals surface area contributed by atoms with E-state index in [2.05, 4.69) is 31.3 Å². The fourth-order valence-electron chi connectivity index (χ4n) is 5.44. The lowest BCUT2D eigenvalue weighted by atomic mass is 9.97. The van der Waals surface area contributed by atoms with Gasteiger partial charge < -0.3 is 24.6 Å². The van der Waals surface area contributed by atoms with Crippen LogP contribution in [-0.2, 0) is 16.1 Å². The number of carbonyl (C=O) groups excluding carboxylic acids is 2. The molecule has 2 heterocycles. The number of unbranched alkanes of at least 4 members (excludes halogenated alkanes) is 1. The van der Waals surface area contributed by atoms with E-state index in [-0.39, 0.29) is 23.9 Å². The molecule has 1 saturated heterocycles. The molecule has 2 aromatic carbocycles. The number of piperidine rings is 1. The number of hydrogen-bond acceptors (Lipinski definition) is 5. The molecule has 0 aliphatic carbocycles. The minimum absolute atomic E-state index is 0.0144. The number of rotatable bonds is 10. The van der Waals surface area contributed by atoms with E-state index in [9.17, 15) is 9.59 Å². The lowest BCUT2D eigenvalue weighted by molar-refractivity contribution is -0.132. The maximum Gasteiger partial charge on any atom is 0.270 e. The average Bonchev–Trinajstić information content (AvgIpc) is 2.89. The van der Waals surface area contributed by atoms with Crippen LogP contribution in [0.3, 0.4) is 0 Å². The first-order valence-corrected chi connectivity index (χ1v) is 14.0. The Morgan fingerprint density at radius 3 is 2.66 bits per heavy atom. The first-order valence-electron chi connectivity index (χ1n) is 14.0. The van der Waals surface area contributed by atoms with E-state index < -0.39 is 5.60 Å². The van der Waals surface area contributed by atoms with Crippen LogP contribution < -0.4 is 15.0 Å². The Labute approximate surface area is 227 Å². The van der Waals surface area contributed by atoms with Crippen LogP contribution in [-0.4, -0.2) is 60.6 Å². The predicted octanol–water partition coefficient (Wildman–Crippen LogP) is 5.10. The topological polar surface area (TPSA) is 71.1 Å². The zero-order valence-electron chi connectivity index (χ0n) is 23.6. The van der Waals surface area contributed by atoms with Gasteiger partial charge in [-0.1, -0.05) is 30.3 Å². The third-order valence-corrected chi connectivity index (χ3v) is 7.44. The van der Waals surface area contributed by atoms with E-state index in [1.165, 1.54) is 0 Å². The summed E-state index contributed by atoms with van der Waals surface area (Å²) in [5, 5.41) is 3.43. The molecule has 0 saturated carbocycles. The highest BCUT2D eigenvalue weighted by Gasteiger charge is 2.41. The zero-order valence-corrected chi connectivity index (χ0v) is 23.6. The first kappa shape index (κ1) is 28.1. The van der Waals surface area contributed by atoms with Crippen molar-refractivity contribution < 1.29 is 19.1 Å². The van der Waals surface area contributed by atoms with Crippen LogP contribution in [0.2, 0.25) is 0 Å². The Kier molecular flexibility index (Phi) is 9.11. The van der Waals surface area contributed by atoms with E-state index in [1.54, 1.807) is 18.7 Å². The molecule has 0 radical (unpaired) electrons. The summed E-state index contributed by atoms with van der Waals surface area (Å²) in [6, 6.07) is 14.2. The van der Waals surface area contributed by atoms with E-state index >= 15 is 0 Å². The van der Waals surface area contributed by atoms with Crippen molar-refractivity contribution in [3.05, 3.63) is 59.2 Å². The number of carbonyl (C=O) groups is 2. The quantitative estimate of drug-likeness (QED) is 0.441. The van der Waals surface area contributed by atoms with E-state index in [0.717, 1.165) is 49.9 Å². The van der Waals surface area contributed by atoms with Gasteiger partial charge >= 0.3 is 0 Å². The van der Waals surface area contributed by atoms with E-state index in [4.69, 9.17) is 9.47 Å². The van der Waals surface area contributed by atoms with Gasteiger partial charge in [0.1, 0.15) is 5.75 Å². The van der Waals surface area contributed by atoms with Crippen LogP contribution in [0.5, 0.6) is 5.75 Å². The Bertz CT molecular complexity index is 1110. The average molecular weight is 522 g/mol. The van der Waals surface area contributed by atoms with Crippen LogP contribution in [0.4, 0.5) is 5.69 Å². The van der Waals surface area contributed by atoms with Crippen LogP contribution in [0.1, 0.15) is 74.9 Å². The van der Waals surface area contributed by atoms with Gasteiger partial charge in [-0.15, -0.1) is 0 Å². The summed E-state index contributed by atoms with van der Waals surface area (Å²) in [5.74, 6) is 0.578. The summed E-state index contributed by atoms with van der Waals surface area (Å²) in [5.41, 5.74) is 2.36. The second-order valence-corrected chi connectivity index (χ2v) is 11.3. The van der Waals surface area contributed by atoms with Crippen molar-refractivity contribution in [3.63, 3.8) is 0 Å². The second-order valence-electron chi connectivity index (χ2n) is 11.3. The third kappa shape index (κ3) is 6.38. The number of benzene rings is 2. The van der Waals surface area contributed by atoms with Gasteiger partial charge in [-0.25, -0.2) is 0 Å². The predicted molar refractivity (Wildman–Crippen MR) is 151 cm³/mol. The van der Waals surface area contributed by atoms with E-state index in [1.807, 2.05) is 42.2 Å². The summed E-state index contributed by atoms with van der Waals surface area (Å²) in [7, 11) is 0. The van der Waals surface area contributed by atoms with Crippen molar-refractivity contribution in [3.8, 4) is 5.75 Å². The van der Waals surface area contributed by atoms with Crippen molar-refractivity contribution in [1.82, 2.24) is 10.2 Å². The van der Waals surface area contributed by atoms with Gasteiger partial charge in [0.15, 0.2) is 5.60 Å². The lowest BCUT2D eigenvalue weighted by Gasteiger charge is -2.40. The van der Waals surface area contributed by atoms with Crippen LogP contribution >= 0.6 is 0 Å². The van der Waals surface area contributed by atoms with Crippen molar-refractivity contribution in [2.45, 2.75) is 84.6 Å². The fraction of sp³-hybridized carbons (Fsp3) is 0.548. The number of nitrogens with one attached hydrogen (secondary N) is 1. The van der Waals surface area contributed by atoms with Gasteiger partial charge in [0.05, 0.1) is 12.3 Å². The molecule has 0 aromatic heterocycles. The maximum absolute atomic E-state index is 13.9. The molecule has 0 unspecified atom stereocenters. The fourth-order valence-corrected chi connectivity index (χ4v) is 5.44. The lowest BCUT2D eigenvalue weighted by Crippen LogP contribution is -2.53. The van der Waals surface area contributed by atoms with E-state index in [0.29, 0.717) is 36.8 Å².